The highest BCUT2D eigenvalue weighted by Crippen LogP contribution is 2.27. The third-order valence-corrected chi connectivity index (χ3v) is 3.82. The Hall–Kier alpha value is -3.81. The van der Waals surface area contributed by atoms with Crippen LogP contribution in [-0.2, 0) is 18.0 Å². The normalized spacial score (nSPS) is 10.3. The van der Waals surface area contributed by atoms with E-state index in [4.69, 9.17) is 18.6 Å². The van der Waals surface area contributed by atoms with Crippen LogP contribution in [0.25, 0.3) is 0 Å². The lowest BCUT2D eigenvalue weighted by molar-refractivity contribution is -0.384. The lowest BCUT2D eigenvalue weighted by atomic mass is 10.2. The Morgan fingerprint density at radius 3 is 2.39 bits per heavy atom. The number of furan rings is 1. The Kier molecular flexibility index (Phi) is 5.91. The van der Waals surface area contributed by atoms with Gasteiger partial charge in [0.15, 0.2) is 11.5 Å². The number of esters is 1. The number of hydrogen-bond acceptors (Lipinski definition) is 7. The zero-order valence-corrected chi connectivity index (χ0v) is 15.0. The molecule has 28 heavy (non-hydrogen) atoms. The van der Waals surface area contributed by atoms with Crippen molar-refractivity contribution in [1.29, 1.82) is 0 Å². The van der Waals surface area contributed by atoms with Crippen molar-refractivity contribution in [1.82, 2.24) is 0 Å². The summed E-state index contributed by atoms with van der Waals surface area (Å²) in [7, 11) is 1.55. The van der Waals surface area contributed by atoms with Gasteiger partial charge in [0.05, 0.1) is 12.0 Å². The first-order chi connectivity index (χ1) is 13.6. The number of nitro benzene ring substituents is 1. The van der Waals surface area contributed by atoms with Gasteiger partial charge in [0.2, 0.25) is 5.76 Å². The molecule has 2 aromatic carbocycles. The van der Waals surface area contributed by atoms with Crippen molar-refractivity contribution in [2.45, 2.75) is 13.2 Å². The van der Waals surface area contributed by atoms with Crippen molar-refractivity contribution >= 4 is 11.7 Å². The van der Waals surface area contributed by atoms with Crippen LogP contribution < -0.4 is 9.47 Å². The predicted octanol–water partition coefficient (Wildman–Crippen LogP) is 4.13. The number of nitrogens with zero attached hydrogens (tertiary/aromatic N) is 1. The highest BCUT2D eigenvalue weighted by atomic mass is 16.6. The predicted molar refractivity (Wildman–Crippen MR) is 98.2 cm³/mol. The second-order valence-corrected chi connectivity index (χ2v) is 5.71. The lowest BCUT2D eigenvalue weighted by Crippen LogP contribution is -2.04. The Labute approximate surface area is 160 Å². The molecule has 8 nitrogen and oxygen atoms in total. The van der Waals surface area contributed by atoms with Crippen molar-refractivity contribution in [3.8, 4) is 11.5 Å². The number of carbonyl (C=O) groups is 1. The van der Waals surface area contributed by atoms with Crippen LogP contribution in [0.3, 0.4) is 0 Å². The minimum absolute atomic E-state index is 0.0232. The van der Waals surface area contributed by atoms with Crippen LogP contribution in [0.15, 0.2) is 65.1 Å². The zero-order chi connectivity index (χ0) is 19.9. The molecule has 0 radical (unpaired) electrons. The van der Waals surface area contributed by atoms with E-state index >= 15 is 0 Å². The number of benzene rings is 2. The van der Waals surface area contributed by atoms with Crippen molar-refractivity contribution in [3.05, 3.63) is 87.9 Å². The van der Waals surface area contributed by atoms with E-state index < -0.39 is 10.9 Å². The molecule has 144 valence electrons. The topological polar surface area (TPSA) is 101 Å². The molecule has 0 aliphatic rings. The van der Waals surface area contributed by atoms with E-state index in [0.29, 0.717) is 22.8 Å². The van der Waals surface area contributed by atoms with Crippen molar-refractivity contribution in [2.75, 3.05) is 7.11 Å². The molecular weight excluding hydrogens is 366 g/mol. The molecule has 0 bridgehead atoms. The van der Waals surface area contributed by atoms with Crippen molar-refractivity contribution < 1.29 is 28.3 Å². The van der Waals surface area contributed by atoms with Gasteiger partial charge in [0.1, 0.15) is 19.0 Å². The zero-order valence-electron chi connectivity index (χ0n) is 15.0. The molecule has 0 aliphatic heterocycles. The Morgan fingerprint density at radius 2 is 1.71 bits per heavy atom. The Balaban J connectivity index is 1.54. The van der Waals surface area contributed by atoms with E-state index in [1.54, 1.807) is 25.3 Å². The smallest absolute Gasteiger partial charge is 0.374 e. The maximum absolute atomic E-state index is 12.1. The molecule has 3 aromatic rings. The summed E-state index contributed by atoms with van der Waals surface area (Å²) >= 11 is 0. The fourth-order valence-electron chi connectivity index (χ4n) is 2.39. The summed E-state index contributed by atoms with van der Waals surface area (Å²) in [6.45, 7) is 0.0978. The van der Waals surface area contributed by atoms with E-state index in [1.807, 2.05) is 12.1 Å². The fraction of sp³-hybridized carbons (Fsp3) is 0.150. The summed E-state index contributed by atoms with van der Waals surface area (Å²) in [5.74, 6) is 1.01. The van der Waals surface area contributed by atoms with E-state index in [0.717, 1.165) is 0 Å². The van der Waals surface area contributed by atoms with Gasteiger partial charge in [-0.15, -0.1) is 0 Å². The molecule has 0 fully saturated rings. The van der Waals surface area contributed by atoms with Gasteiger partial charge in [-0.3, -0.25) is 10.1 Å². The standard InChI is InChI=1S/C20H17NO7/c1-25-17-4-2-3-5-18(17)26-13-16-10-11-19(28-16)20(22)27-12-14-6-8-15(9-7-14)21(23)24/h2-11H,12-13H2,1H3. The number of ether oxygens (including phenoxy) is 3. The molecule has 0 saturated carbocycles. The maximum Gasteiger partial charge on any atom is 0.374 e. The molecule has 3 rings (SSSR count). The second-order valence-electron chi connectivity index (χ2n) is 5.71. The van der Waals surface area contributed by atoms with Gasteiger partial charge in [-0.25, -0.2) is 4.79 Å². The van der Waals surface area contributed by atoms with Crippen LogP contribution in [0.4, 0.5) is 5.69 Å². The average Bonchev–Trinajstić information content (AvgIpc) is 3.20. The summed E-state index contributed by atoms with van der Waals surface area (Å²) in [4.78, 5) is 22.2. The molecular formula is C20H17NO7. The Morgan fingerprint density at radius 1 is 1.00 bits per heavy atom. The lowest BCUT2D eigenvalue weighted by Gasteiger charge is -2.08. The van der Waals surface area contributed by atoms with Gasteiger partial charge in [0.25, 0.3) is 5.69 Å². The summed E-state index contributed by atoms with van der Waals surface area (Å²) < 4.78 is 21.5. The molecule has 0 N–H and O–H groups in total. The molecule has 0 unspecified atom stereocenters. The molecule has 0 saturated heterocycles. The van der Waals surface area contributed by atoms with Gasteiger partial charge < -0.3 is 18.6 Å². The number of rotatable bonds is 8. The van der Waals surface area contributed by atoms with Crippen LogP contribution in [0.1, 0.15) is 21.9 Å². The molecule has 8 heteroatoms. The van der Waals surface area contributed by atoms with Crippen LogP contribution in [0.5, 0.6) is 11.5 Å². The average molecular weight is 383 g/mol. The summed E-state index contributed by atoms with van der Waals surface area (Å²) in [5.41, 5.74) is 0.603. The SMILES string of the molecule is COc1ccccc1OCc1ccc(C(=O)OCc2ccc([N+](=O)[O-])cc2)o1. The number of carbonyl (C=O) groups excluding carboxylic acids is 1. The molecule has 1 heterocycles. The largest absolute Gasteiger partial charge is 0.493 e. The maximum atomic E-state index is 12.1. The fourth-order valence-corrected chi connectivity index (χ4v) is 2.39. The van der Waals surface area contributed by atoms with Gasteiger partial charge in [-0.05, 0) is 42.0 Å². The van der Waals surface area contributed by atoms with Crippen LogP contribution in [0.2, 0.25) is 0 Å². The van der Waals surface area contributed by atoms with Gasteiger partial charge in [-0.2, -0.15) is 0 Å². The van der Waals surface area contributed by atoms with Crippen LogP contribution in [-0.4, -0.2) is 18.0 Å². The quantitative estimate of drug-likeness (QED) is 0.327. The monoisotopic (exact) mass is 383 g/mol. The summed E-state index contributed by atoms with van der Waals surface area (Å²) in [6, 6.07) is 16.1. The number of nitro groups is 1. The first kappa shape index (κ1) is 19.0. The number of methoxy groups -OCH3 is 1. The molecule has 0 aliphatic carbocycles. The first-order valence-electron chi connectivity index (χ1n) is 8.32. The highest BCUT2D eigenvalue weighted by molar-refractivity contribution is 5.86. The third-order valence-electron chi connectivity index (χ3n) is 3.82. The number of non-ortho nitro benzene ring substituents is 1. The van der Waals surface area contributed by atoms with Gasteiger partial charge >= 0.3 is 5.97 Å². The van der Waals surface area contributed by atoms with Crippen molar-refractivity contribution in [2.24, 2.45) is 0 Å². The van der Waals surface area contributed by atoms with E-state index in [2.05, 4.69) is 0 Å². The molecule has 0 atom stereocenters. The molecule has 0 spiro atoms. The highest BCUT2D eigenvalue weighted by Gasteiger charge is 2.14. The van der Waals surface area contributed by atoms with Gasteiger partial charge in [-0.1, -0.05) is 12.1 Å². The first-order valence-corrected chi connectivity index (χ1v) is 8.32. The number of hydrogen-bond donors (Lipinski definition) is 0. The van der Waals surface area contributed by atoms with E-state index in [-0.39, 0.29) is 24.7 Å². The second kappa shape index (κ2) is 8.72. The van der Waals surface area contributed by atoms with Crippen LogP contribution in [0, 0.1) is 10.1 Å². The minimum Gasteiger partial charge on any atom is -0.493 e. The van der Waals surface area contributed by atoms with E-state index in [1.165, 1.54) is 30.3 Å². The Bertz CT molecular complexity index is 963. The summed E-state index contributed by atoms with van der Waals surface area (Å²) in [5, 5.41) is 10.6. The van der Waals surface area contributed by atoms with Crippen molar-refractivity contribution in [3.63, 3.8) is 0 Å². The summed E-state index contributed by atoms with van der Waals surface area (Å²) in [6.07, 6.45) is 0. The number of para-hydroxylation sites is 2. The third kappa shape index (κ3) is 4.67. The molecule has 1 aromatic heterocycles. The minimum atomic E-state index is -0.637. The van der Waals surface area contributed by atoms with Crippen LogP contribution >= 0.6 is 0 Å². The van der Waals surface area contributed by atoms with Gasteiger partial charge in [0, 0.05) is 12.1 Å². The van der Waals surface area contributed by atoms with E-state index in [9.17, 15) is 14.9 Å². The molecule has 0 amide bonds.